The van der Waals surface area contributed by atoms with Crippen molar-refractivity contribution in [2.75, 3.05) is 0 Å². The largest absolute Gasteiger partial charge is 0.339 e. The van der Waals surface area contributed by atoms with Gasteiger partial charge in [-0.25, -0.2) is 0 Å². The van der Waals surface area contributed by atoms with Gasteiger partial charge in [-0.3, -0.25) is 4.98 Å². The monoisotopic (exact) mass is 203 g/mol. The molecule has 0 radical (unpaired) electrons. The zero-order valence-electron chi connectivity index (χ0n) is 8.68. The molecule has 0 atom stereocenters. The average Bonchev–Trinajstić information content (AvgIpc) is 2.76. The molecule has 78 valence electrons. The first kappa shape index (κ1) is 9.83. The number of rotatable bonds is 4. The smallest absolute Gasteiger partial charge is 0.227 e. The van der Waals surface area contributed by atoms with Crippen LogP contribution in [0.25, 0.3) is 11.5 Å². The van der Waals surface area contributed by atoms with Gasteiger partial charge in [-0.2, -0.15) is 4.98 Å². The first-order valence-electron chi connectivity index (χ1n) is 5.14. The fourth-order valence-electron chi connectivity index (χ4n) is 1.28. The van der Waals surface area contributed by atoms with Crippen molar-refractivity contribution in [1.29, 1.82) is 0 Å². The van der Waals surface area contributed by atoms with E-state index in [4.69, 9.17) is 4.52 Å². The standard InChI is InChI=1S/C11H13N3O/c1-2-3-7-10-13-11(14-15-10)9-6-4-5-8-12-9/h4-6,8H,2-3,7H2,1H3. The SMILES string of the molecule is CCCCc1nc(-c2ccccn2)no1. The maximum absolute atomic E-state index is 5.12. The Kier molecular flexibility index (Phi) is 3.07. The normalized spacial score (nSPS) is 10.5. The van der Waals surface area contributed by atoms with E-state index in [0.717, 1.165) is 25.0 Å². The minimum absolute atomic E-state index is 0.571. The van der Waals surface area contributed by atoms with Gasteiger partial charge in [0, 0.05) is 12.6 Å². The molecule has 0 amide bonds. The quantitative estimate of drug-likeness (QED) is 0.766. The Morgan fingerprint density at radius 3 is 3.00 bits per heavy atom. The fourth-order valence-corrected chi connectivity index (χ4v) is 1.28. The highest BCUT2D eigenvalue weighted by Crippen LogP contribution is 2.12. The van der Waals surface area contributed by atoms with Crippen LogP contribution in [-0.2, 0) is 6.42 Å². The van der Waals surface area contributed by atoms with Crippen LogP contribution in [0.2, 0.25) is 0 Å². The van der Waals surface area contributed by atoms with Crippen molar-refractivity contribution in [2.45, 2.75) is 26.2 Å². The predicted molar refractivity (Wildman–Crippen MR) is 56.1 cm³/mol. The van der Waals surface area contributed by atoms with Crippen LogP contribution in [0.4, 0.5) is 0 Å². The van der Waals surface area contributed by atoms with Crippen LogP contribution in [0.1, 0.15) is 25.7 Å². The molecule has 0 unspecified atom stereocenters. The minimum atomic E-state index is 0.571. The summed E-state index contributed by atoms with van der Waals surface area (Å²) in [4.78, 5) is 8.44. The van der Waals surface area contributed by atoms with Crippen molar-refractivity contribution in [3.8, 4) is 11.5 Å². The zero-order valence-corrected chi connectivity index (χ0v) is 8.68. The summed E-state index contributed by atoms with van der Waals surface area (Å²) in [5.41, 5.74) is 0.754. The Morgan fingerprint density at radius 2 is 2.27 bits per heavy atom. The summed E-state index contributed by atoms with van der Waals surface area (Å²) in [6, 6.07) is 5.64. The highest BCUT2D eigenvalue weighted by atomic mass is 16.5. The van der Waals surface area contributed by atoms with Crippen LogP contribution in [0.15, 0.2) is 28.9 Å². The van der Waals surface area contributed by atoms with Crippen LogP contribution in [0.3, 0.4) is 0 Å². The molecule has 0 saturated carbocycles. The Hall–Kier alpha value is -1.71. The summed E-state index contributed by atoms with van der Waals surface area (Å²) >= 11 is 0. The lowest BCUT2D eigenvalue weighted by molar-refractivity contribution is 0.375. The molecule has 0 aliphatic carbocycles. The van der Waals surface area contributed by atoms with Gasteiger partial charge < -0.3 is 4.52 Å². The van der Waals surface area contributed by atoms with Gasteiger partial charge in [0.1, 0.15) is 5.69 Å². The lowest BCUT2D eigenvalue weighted by atomic mass is 10.2. The summed E-state index contributed by atoms with van der Waals surface area (Å²) in [5, 5.41) is 3.89. The molecule has 0 aliphatic heterocycles. The van der Waals surface area contributed by atoms with Crippen LogP contribution in [0.5, 0.6) is 0 Å². The van der Waals surface area contributed by atoms with E-state index in [1.807, 2.05) is 18.2 Å². The lowest BCUT2D eigenvalue weighted by Gasteiger charge is -1.90. The van der Waals surface area contributed by atoms with Crippen LogP contribution >= 0.6 is 0 Å². The van der Waals surface area contributed by atoms with Crippen molar-refractivity contribution in [1.82, 2.24) is 15.1 Å². The van der Waals surface area contributed by atoms with E-state index in [-0.39, 0.29) is 0 Å². The van der Waals surface area contributed by atoms with Gasteiger partial charge >= 0.3 is 0 Å². The van der Waals surface area contributed by atoms with E-state index < -0.39 is 0 Å². The number of unbranched alkanes of at least 4 members (excludes halogenated alkanes) is 1. The number of hydrogen-bond acceptors (Lipinski definition) is 4. The molecule has 0 fully saturated rings. The van der Waals surface area contributed by atoms with Gasteiger partial charge in [-0.15, -0.1) is 0 Å². The molecule has 0 N–H and O–H groups in total. The van der Waals surface area contributed by atoms with E-state index in [9.17, 15) is 0 Å². The highest BCUT2D eigenvalue weighted by molar-refractivity contribution is 5.46. The van der Waals surface area contributed by atoms with Crippen molar-refractivity contribution in [3.05, 3.63) is 30.3 Å². The second-order valence-corrected chi connectivity index (χ2v) is 3.33. The Morgan fingerprint density at radius 1 is 1.33 bits per heavy atom. The molecule has 0 spiro atoms. The second kappa shape index (κ2) is 4.68. The maximum Gasteiger partial charge on any atom is 0.227 e. The number of aryl methyl sites for hydroxylation is 1. The molecule has 2 aromatic heterocycles. The van der Waals surface area contributed by atoms with E-state index >= 15 is 0 Å². The molecule has 2 heterocycles. The molecule has 15 heavy (non-hydrogen) atoms. The maximum atomic E-state index is 5.12. The van der Waals surface area contributed by atoms with Crippen LogP contribution < -0.4 is 0 Å². The van der Waals surface area contributed by atoms with Crippen molar-refractivity contribution < 1.29 is 4.52 Å². The lowest BCUT2D eigenvalue weighted by Crippen LogP contribution is -1.86. The third-order valence-corrected chi connectivity index (χ3v) is 2.11. The third kappa shape index (κ3) is 2.40. The summed E-state index contributed by atoms with van der Waals surface area (Å²) in [7, 11) is 0. The van der Waals surface area contributed by atoms with E-state index in [0.29, 0.717) is 11.7 Å². The highest BCUT2D eigenvalue weighted by Gasteiger charge is 2.08. The topological polar surface area (TPSA) is 51.8 Å². The fraction of sp³-hybridized carbons (Fsp3) is 0.364. The van der Waals surface area contributed by atoms with E-state index in [1.165, 1.54) is 0 Å². The molecule has 4 nitrogen and oxygen atoms in total. The molecule has 2 aromatic rings. The molecule has 0 saturated heterocycles. The average molecular weight is 203 g/mol. The van der Waals surface area contributed by atoms with Gasteiger partial charge in [0.05, 0.1) is 0 Å². The first-order chi connectivity index (χ1) is 7.40. The first-order valence-corrected chi connectivity index (χ1v) is 5.14. The van der Waals surface area contributed by atoms with Crippen molar-refractivity contribution >= 4 is 0 Å². The number of aromatic nitrogens is 3. The molecule has 0 bridgehead atoms. The van der Waals surface area contributed by atoms with Crippen molar-refractivity contribution in [3.63, 3.8) is 0 Å². The molecular formula is C11H13N3O. The molecule has 2 rings (SSSR count). The predicted octanol–water partition coefficient (Wildman–Crippen LogP) is 2.47. The van der Waals surface area contributed by atoms with Gasteiger partial charge in [0.15, 0.2) is 0 Å². The summed E-state index contributed by atoms with van der Waals surface area (Å²) in [6.07, 6.45) is 4.76. The third-order valence-electron chi connectivity index (χ3n) is 2.11. The zero-order chi connectivity index (χ0) is 10.5. The second-order valence-electron chi connectivity index (χ2n) is 3.33. The van der Waals surface area contributed by atoms with Crippen molar-refractivity contribution in [2.24, 2.45) is 0 Å². The molecule has 0 aromatic carbocycles. The molecule has 4 heteroatoms. The number of nitrogens with zero attached hydrogens (tertiary/aromatic N) is 3. The number of pyridine rings is 1. The molecular weight excluding hydrogens is 190 g/mol. The minimum Gasteiger partial charge on any atom is -0.339 e. The van der Waals surface area contributed by atoms with E-state index in [2.05, 4.69) is 22.0 Å². The Bertz CT molecular complexity index is 411. The van der Waals surface area contributed by atoms with E-state index in [1.54, 1.807) is 6.20 Å². The Labute approximate surface area is 88.4 Å². The van der Waals surface area contributed by atoms with Gasteiger partial charge in [-0.05, 0) is 18.6 Å². The Balaban J connectivity index is 2.14. The van der Waals surface area contributed by atoms with Gasteiger partial charge in [0.2, 0.25) is 11.7 Å². The van der Waals surface area contributed by atoms with Crippen LogP contribution in [0, 0.1) is 0 Å². The molecule has 0 aliphatic rings. The van der Waals surface area contributed by atoms with Gasteiger partial charge in [-0.1, -0.05) is 24.6 Å². The summed E-state index contributed by atoms with van der Waals surface area (Å²) < 4.78 is 5.12. The summed E-state index contributed by atoms with van der Waals surface area (Å²) in [6.45, 7) is 2.13. The van der Waals surface area contributed by atoms with Crippen LogP contribution in [-0.4, -0.2) is 15.1 Å². The van der Waals surface area contributed by atoms with Gasteiger partial charge in [0.25, 0.3) is 0 Å². The number of hydrogen-bond donors (Lipinski definition) is 0. The summed E-state index contributed by atoms with van der Waals surface area (Å²) in [5.74, 6) is 1.26.